The Morgan fingerprint density at radius 1 is 1.41 bits per heavy atom. The minimum Gasteiger partial charge on any atom is -0.361 e. The highest BCUT2D eigenvalue weighted by molar-refractivity contribution is 7.91. The molecule has 0 bridgehead atoms. The highest BCUT2D eigenvalue weighted by atomic mass is 32.2. The number of primary sulfonamides is 1. The predicted octanol–water partition coefficient (Wildman–Crippen LogP) is 1.80. The molecule has 7 heteroatoms. The first-order valence-electron chi connectivity index (χ1n) is 5.46. The van der Waals surface area contributed by atoms with Crippen LogP contribution in [0.4, 0.5) is 5.13 Å². The highest BCUT2D eigenvalue weighted by Crippen LogP contribution is 2.26. The normalized spacial score (nSPS) is 14.0. The third kappa shape index (κ3) is 3.93. The third-order valence-corrected chi connectivity index (χ3v) is 5.39. The summed E-state index contributed by atoms with van der Waals surface area (Å²) in [4.78, 5) is 4.16. The minimum atomic E-state index is -3.65. The summed E-state index contributed by atoms with van der Waals surface area (Å²) in [7, 11) is -3.65. The molecule has 0 saturated heterocycles. The van der Waals surface area contributed by atoms with Gasteiger partial charge in [-0.25, -0.2) is 18.5 Å². The molecule has 0 amide bonds. The number of sulfonamides is 1. The van der Waals surface area contributed by atoms with Crippen molar-refractivity contribution < 1.29 is 8.42 Å². The molecular weight excluding hydrogens is 258 g/mol. The highest BCUT2D eigenvalue weighted by Gasteiger charge is 2.18. The van der Waals surface area contributed by atoms with E-state index in [0.29, 0.717) is 22.7 Å². The van der Waals surface area contributed by atoms with Gasteiger partial charge in [0.15, 0.2) is 9.34 Å². The molecule has 1 rings (SSSR count). The van der Waals surface area contributed by atoms with Gasteiger partial charge in [0, 0.05) is 6.54 Å². The molecule has 1 aromatic heterocycles. The van der Waals surface area contributed by atoms with Gasteiger partial charge in [-0.05, 0) is 18.8 Å². The number of thiazole rings is 1. The van der Waals surface area contributed by atoms with Crippen molar-refractivity contribution in [1.29, 1.82) is 0 Å². The average Bonchev–Trinajstić information content (AvgIpc) is 2.55. The fraction of sp³-hybridized carbons (Fsp3) is 0.700. The Morgan fingerprint density at radius 2 is 2.00 bits per heavy atom. The Morgan fingerprint density at radius 3 is 2.41 bits per heavy atom. The number of rotatable bonds is 5. The van der Waals surface area contributed by atoms with Crippen LogP contribution in [-0.4, -0.2) is 19.9 Å². The summed E-state index contributed by atoms with van der Waals surface area (Å²) in [5, 5.41) is 8.85. The molecule has 0 fully saturated rings. The molecule has 0 aliphatic carbocycles. The number of aromatic nitrogens is 1. The Kier molecular flexibility index (Phi) is 4.51. The zero-order chi connectivity index (χ0) is 13.2. The summed E-state index contributed by atoms with van der Waals surface area (Å²) in [6.07, 6.45) is 0. The van der Waals surface area contributed by atoms with Crippen molar-refractivity contribution in [3.63, 3.8) is 0 Å². The molecule has 0 aromatic carbocycles. The number of hydrogen-bond donors (Lipinski definition) is 2. The van der Waals surface area contributed by atoms with Crippen molar-refractivity contribution in [2.45, 2.75) is 31.9 Å². The zero-order valence-electron chi connectivity index (χ0n) is 10.5. The Labute approximate surface area is 106 Å². The number of anilines is 1. The first-order valence-corrected chi connectivity index (χ1v) is 7.82. The maximum absolute atomic E-state index is 11.2. The second-order valence-corrected chi connectivity index (χ2v) is 7.29. The van der Waals surface area contributed by atoms with Crippen LogP contribution < -0.4 is 10.5 Å². The van der Waals surface area contributed by atoms with Crippen molar-refractivity contribution >= 4 is 26.5 Å². The monoisotopic (exact) mass is 277 g/mol. The van der Waals surface area contributed by atoms with Crippen LogP contribution in [0.25, 0.3) is 0 Å². The molecular formula is C10H19N3O2S2. The van der Waals surface area contributed by atoms with E-state index in [4.69, 9.17) is 5.14 Å². The summed E-state index contributed by atoms with van der Waals surface area (Å²) in [5.74, 6) is 1.07. The molecule has 0 saturated carbocycles. The molecule has 0 spiro atoms. The molecule has 98 valence electrons. The lowest BCUT2D eigenvalue weighted by Gasteiger charge is -2.15. The summed E-state index contributed by atoms with van der Waals surface area (Å²) in [6, 6.07) is 0. The molecule has 1 atom stereocenters. The van der Waals surface area contributed by atoms with Crippen LogP contribution in [0.5, 0.6) is 0 Å². The van der Waals surface area contributed by atoms with E-state index in [9.17, 15) is 8.42 Å². The van der Waals surface area contributed by atoms with Gasteiger partial charge in [0.1, 0.15) is 0 Å². The molecule has 1 heterocycles. The van der Waals surface area contributed by atoms with Gasteiger partial charge in [0.25, 0.3) is 0 Å². The molecule has 5 nitrogen and oxygen atoms in total. The third-order valence-electron chi connectivity index (χ3n) is 2.73. The fourth-order valence-corrected chi connectivity index (χ4v) is 3.07. The number of nitrogens with one attached hydrogen (secondary N) is 1. The summed E-state index contributed by atoms with van der Waals surface area (Å²) in [6.45, 7) is 8.85. The van der Waals surface area contributed by atoms with E-state index in [1.807, 2.05) is 0 Å². The molecule has 1 aromatic rings. The van der Waals surface area contributed by atoms with Gasteiger partial charge in [-0.15, -0.1) is 0 Å². The number of aryl methyl sites for hydroxylation is 1. The van der Waals surface area contributed by atoms with Gasteiger partial charge in [-0.3, -0.25) is 0 Å². The maximum Gasteiger partial charge on any atom is 0.249 e. The molecule has 17 heavy (non-hydrogen) atoms. The first kappa shape index (κ1) is 14.4. The maximum atomic E-state index is 11.2. The predicted molar refractivity (Wildman–Crippen MR) is 70.7 cm³/mol. The van der Waals surface area contributed by atoms with Gasteiger partial charge in [0.2, 0.25) is 10.0 Å². The standard InChI is InChI=1S/C10H19N3O2S2/c1-6(2)7(3)5-12-10-13-8(4)9(16-10)17(11,14)15/h6-7H,5H2,1-4H3,(H,12,13)(H2,11,14,15). The topological polar surface area (TPSA) is 85.1 Å². The Bertz CT molecular complexity index is 480. The van der Waals surface area contributed by atoms with Crippen LogP contribution in [0.3, 0.4) is 0 Å². The number of nitrogens with zero attached hydrogens (tertiary/aromatic N) is 1. The zero-order valence-corrected chi connectivity index (χ0v) is 12.2. The summed E-state index contributed by atoms with van der Waals surface area (Å²) in [5.41, 5.74) is 0.456. The Balaban J connectivity index is 2.75. The van der Waals surface area contributed by atoms with Gasteiger partial charge in [-0.1, -0.05) is 32.1 Å². The van der Waals surface area contributed by atoms with Crippen molar-refractivity contribution in [3.8, 4) is 0 Å². The van der Waals surface area contributed by atoms with E-state index in [-0.39, 0.29) is 4.21 Å². The molecule has 0 aliphatic heterocycles. The molecule has 0 aliphatic rings. The van der Waals surface area contributed by atoms with Crippen molar-refractivity contribution in [1.82, 2.24) is 4.98 Å². The van der Waals surface area contributed by atoms with Gasteiger partial charge in [-0.2, -0.15) is 0 Å². The minimum absolute atomic E-state index is 0.136. The van der Waals surface area contributed by atoms with Crippen molar-refractivity contribution in [2.75, 3.05) is 11.9 Å². The van der Waals surface area contributed by atoms with Gasteiger partial charge in [0.05, 0.1) is 5.69 Å². The smallest absolute Gasteiger partial charge is 0.249 e. The summed E-state index contributed by atoms with van der Waals surface area (Å²) < 4.78 is 22.6. The Hall–Kier alpha value is -0.660. The van der Waals surface area contributed by atoms with Crippen LogP contribution in [0.2, 0.25) is 0 Å². The number of nitrogens with two attached hydrogens (primary N) is 1. The van der Waals surface area contributed by atoms with E-state index >= 15 is 0 Å². The lowest BCUT2D eigenvalue weighted by molar-refractivity contribution is 0.439. The van der Waals surface area contributed by atoms with Crippen LogP contribution in [0.1, 0.15) is 26.5 Å². The van der Waals surface area contributed by atoms with Crippen LogP contribution in [0, 0.1) is 18.8 Å². The van der Waals surface area contributed by atoms with Crippen molar-refractivity contribution in [2.24, 2.45) is 17.0 Å². The van der Waals surface area contributed by atoms with E-state index in [1.165, 1.54) is 0 Å². The van der Waals surface area contributed by atoms with Gasteiger partial charge >= 0.3 is 0 Å². The number of hydrogen-bond acceptors (Lipinski definition) is 5. The average molecular weight is 277 g/mol. The second-order valence-electron chi connectivity index (χ2n) is 4.54. The second kappa shape index (κ2) is 5.32. The van der Waals surface area contributed by atoms with E-state index in [0.717, 1.165) is 17.9 Å². The molecule has 1 unspecified atom stereocenters. The van der Waals surface area contributed by atoms with E-state index in [2.05, 4.69) is 31.1 Å². The lowest BCUT2D eigenvalue weighted by Crippen LogP contribution is -2.16. The summed E-state index contributed by atoms with van der Waals surface area (Å²) >= 11 is 1.08. The lowest BCUT2D eigenvalue weighted by atomic mass is 9.98. The molecule has 3 N–H and O–H groups in total. The SMILES string of the molecule is Cc1nc(NCC(C)C(C)C)sc1S(N)(=O)=O. The van der Waals surface area contributed by atoms with E-state index in [1.54, 1.807) is 6.92 Å². The fourth-order valence-electron chi connectivity index (χ4n) is 1.21. The molecule has 0 radical (unpaired) electrons. The van der Waals surface area contributed by atoms with Gasteiger partial charge < -0.3 is 5.32 Å². The quantitative estimate of drug-likeness (QED) is 0.859. The largest absolute Gasteiger partial charge is 0.361 e. The van der Waals surface area contributed by atoms with Crippen LogP contribution in [-0.2, 0) is 10.0 Å². The van der Waals surface area contributed by atoms with E-state index < -0.39 is 10.0 Å². The van der Waals surface area contributed by atoms with Crippen LogP contribution in [0.15, 0.2) is 4.21 Å². The van der Waals surface area contributed by atoms with Crippen molar-refractivity contribution in [3.05, 3.63) is 5.69 Å². The van der Waals surface area contributed by atoms with Crippen LogP contribution >= 0.6 is 11.3 Å². The first-order chi connectivity index (χ1) is 7.71.